The molecular formula is C16H23NO2. The molecule has 0 amide bonds. The minimum absolute atomic E-state index is 0.235. The predicted octanol–water partition coefficient (Wildman–Crippen LogP) is 2.01. The molecule has 2 aliphatic rings. The van der Waals surface area contributed by atoms with E-state index in [-0.39, 0.29) is 6.61 Å². The largest absolute Gasteiger partial charge is 0.396 e. The molecule has 1 aromatic rings. The van der Waals surface area contributed by atoms with Crippen LogP contribution in [0.25, 0.3) is 0 Å². The summed E-state index contributed by atoms with van der Waals surface area (Å²) in [5.41, 5.74) is 4.12. The molecule has 1 aromatic carbocycles. The van der Waals surface area contributed by atoms with Crippen LogP contribution in [0, 0.1) is 5.92 Å². The summed E-state index contributed by atoms with van der Waals surface area (Å²) in [4.78, 5) is 2.53. The third-order valence-corrected chi connectivity index (χ3v) is 4.36. The quantitative estimate of drug-likeness (QED) is 0.900. The molecule has 0 saturated carbocycles. The van der Waals surface area contributed by atoms with Crippen molar-refractivity contribution in [1.29, 1.82) is 0 Å². The van der Waals surface area contributed by atoms with Crippen molar-refractivity contribution in [2.24, 2.45) is 5.92 Å². The van der Waals surface area contributed by atoms with Crippen molar-refractivity contribution in [3.63, 3.8) is 0 Å². The monoisotopic (exact) mass is 261 g/mol. The highest BCUT2D eigenvalue weighted by molar-refractivity contribution is 5.59. The van der Waals surface area contributed by atoms with Crippen LogP contribution in [0.5, 0.6) is 0 Å². The third kappa shape index (κ3) is 2.93. The highest BCUT2D eigenvalue weighted by Gasteiger charge is 2.23. The van der Waals surface area contributed by atoms with Gasteiger partial charge in [0.2, 0.25) is 0 Å². The number of ether oxygens (including phenoxy) is 1. The summed E-state index contributed by atoms with van der Waals surface area (Å²) in [6.45, 7) is 4.40. The molecule has 0 unspecified atom stereocenters. The molecule has 2 aliphatic heterocycles. The summed E-state index contributed by atoms with van der Waals surface area (Å²) in [5, 5.41) is 9.07. The average Bonchev–Trinajstić information content (AvgIpc) is 2.83. The molecule has 3 nitrogen and oxygen atoms in total. The summed E-state index contributed by atoms with van der Waals surface area (Å²) in [6, 6.07) is 6.68. The van der Waals surface area contributed by atoms with E-state index in [9.17, 15) is 0 Å². The van der Waals surface area contributed by atoms with Crippen LogP contribution < -0.4 is 4.90 Å². The highest BCUT2D eigenvalue weighted by atomic mass is 16.5. The smallest absolute Gasteiger partial charge is 0.0471 e. The van der Waals surface area contributed by atoms with Gasteiger partial charge in [-0.1, -0.05) is 12.1 Å². The first-order valence-corrected chi connectivity index (χ1v) is 7.42. The van der Waals surface area contributed by atoms with Crippen LogP contribution in [0.15, 0.2) is 18.2 Å². The topological polar surface area (TPSA) is 32.7 Å². The summed E-state index contributed by atoms with van der Waals surface area (Å²) < 4.78 is 5.44. The zero-order valence-electron chi connectivity index (χ0n) is 11.5. The first-order valence-electron chi connectivity index (χ1n) is 7.42. The molecule has 19 heavy (non-hydrogen) atoms. The summed E-state index contributed by atoms with van der Waals surface area (Å²) in [6.07, 6.45) is 4.32. The van der Waals surface area contributed by atoms with E-state index >= 15 is 0 Å². The van der Waals surface area contributed by atoms with Gasteiger partial charge in [-0.3, -0.25) is 0 Å². The predicted molar refractivity (Wildman–Crippen MR) is 76.7 cm³/mol. The van der Waals surface area contributed by atoms with Crippen molar-refractivity contribution in [3.8, 4) is 0 Å². The lowest BCUT2D eigenvalue weighted by molar-refractivity contribution is 0.0683. The fourth-order valence-electron chi connectivity index (χ4n) is 3.21. The second-order valence-corrected chi connectivity index (χ2v) is 5.69. The number of aliphatic hydroxyl groups excluding tert-OH is 1. The molecule has 3 heteroatoms. The Hall–Kier alpha value is -1.06. The van der Waals surface area contributed by atoms with Crippen molar-refractivity contribution in [3.05, 3.63) is 29.3 Å². The summed E-state index contributed by atoms with van der Waals surface area (Å²) >= 11 is 0. The summed E-state index contributed by atoms with van der Waals surface area (Å²) in [5.74, 6) is 0.779. The molecule has 0 spiro atoms. The van der Waals surface area contributed by atoms with Crippen LogP contribution in [0.3, 0.4) is 0 Å². The van der Waals surface area contributed by atoms with Crippen LogP contribution >= 0.6 is 0 Å². The number of benzene rings is 1. The molecule has 0 aliphatic carbocycles. The van der Waals surface area contributed by atoms with E-state index in [1.807, 2.05) is 0 Å². The van der Waals surface area contributed by atoms with E-state index in [2.05, 4.69) is 23.1 Å². The van der Waals surface area contributed by atoms with E-state index in [1.54, 1.807) is 0 Å². The maximum Gasteiger partial charge on any atom is 0.0471 e. The third-order valence-electron chi connectivity index (χ3n) is 4.36. The normalized spacial score (nSPS) is 19.7. The van der Waals surface area contributed by atoms with Crippen LogP contribution in [0.1, 0.15) is 24.0 Å². The van der Waals surface area contributed by atoms with E-state index in [0.29, 0.717) is 0 Å². The van der Waals surface area contributed by atoms with E-state index in [0.717, 1.165) is 38.5 Å². The van der Waals surface area contributed by atoms with Gasteiger partial charge in [-0.15, -0.1) is 0 Å². The second kappa shape index (κ2) is 5.93. The zero-order chi connectivity index (χ0) is 13.1. The Morgan fingerprint density at radius 2 is 2.11 bits per heavy atom. The van der Waals surface area contributed by atoms with Gasteiger partial charge in [0, 0.05) is 38.6 Å². The number of rotatable bonds is 4. The van der Waals surface area contributed by atoms with Crippen molar-refractivity contribution in [1.82, 2.24) is 0 Å². The Bertz CT molecular complexity index is 427. The standard InChI is InChI=1S/C16H23NO2/c18-8-4-13-1-2-15-3-7-17(16(15)11-13)12-14-5-9-19-10-6-14/h1-2,11,14,18H,3-10,12H2. The molecule has 1 saturated heterocycles. The average molecular weight is 261 g/mol. The van der Waals surface area contributed by atoms with Gasteiger partial charge in [0.15, 0.2) is 0 Å². The van der Waals surface area contributed by atoms with E-state index in [1.165, 1.54) is 36.2 Å². The molecule has 2 heterocycles. The van der Waals surface area contributed by atoms with Crippen LogP contribution in [0.4, 0.5) is 5.69 Å². The van der Waals surface area contributed by atoms with Gasteiger partial charge in [0.1, 0.15) is 0 Å². The van der Waals surface area contributed by atoms with Gasteiger partial charge < -0.3 is 14.7 Å². The lowest BCUT2D eigenvalue weighted by atomic mass is 9.99. The Morgan fingerprint density at radius 1 is 1.26 bits per heavy atom. The SMILES string of the molecule is OCCc1ccc2c(c1)N(CC1CCOCC1)CC2. The molecular weight excluding hydrogens is 238 g/mol. The lowest BCUT2D eigenvalue weighted by Crippen LogP contribution is -2.31. The molecule has 0 radical (unpaired) electrons. The molecule has 0 aromatic heterocycles. The minimum Gasteiger partial charge on any atom is -0.396 e. The first-order chi connectivity index (χ1) is 9.36. The van der Waals surface area contributed by atoms with E-state index in [4.69, 9.17) is 9.84 Å². The fourth-order valence-corrected chi connectivity index (χ4v) is 3.21. The summed E-state index contributed by atoms with van der Waals surface area (Å²) in [7, 11) is 0. The molecule has 0 bridgehead atoms. The molecule has 1 fully saturated rings. The second-order valence-electron chi connectivity index (χ2n) is 5.69. The number of aliphatic hydroxyl groups is 1. The Morgan fingerprint density at radius 3 is 2.89 bits per heavy atom. The number of hydrogen-bond acceptors (Lipinski definition) is 3. The van der Waals surface area contributed by atoms with Gasteiger partial charge in [-0.05, 0) is 48.8 Å². The van der Waals surface area contributed by atoms with Gasteiger partial charge >= 0.3 is 0 Å². The van der Waals surface area contributed by atoms with Gasteiger partial charge in [-0.25, -0.2) is 0 Å². The molecule has 1 N–H and O–H groups in total. The highest BCUT2D eigenvalue weighted by Crippen LogP contribution is 2.31. The number of fused-ring (bicyclic) bond motifs is 1. The lowest BCUT2D eigenvalue weighted by Gasteiger charge is -2.28. The Balaban J connectivity index is 1.70. The van der Waals surface area contributed by atoms with Crippen LogP contribution in [-0.2, 0) is 17.6 Å². The fraction of sp³-hybridized carbons (Fsp3) is 0.625. The van der Waals surface area contributed by atoms with Crippen molar-refractivity contribution < 1.29 is 9.84 Å². The zero-order valence-corrected chi connectivity index (χ0v) is 11.5. The maximum atomic E-state index is 9.07. The molecule has 3 rings (SSSR count). The van der Waals surface area contributed by atoms with Crippen LogP contribution in [-0.4, -0.2) is 38.0 Å². The van der Waals surface area contributed by atoms with Crippen molar-refractivity contribution in [2.45, 2.75) is 25.7 Å². The van der Waals surface area contributed by atoms with Gasteiger partial charge in [-0.2, -0.15) is 0 Å². The van der Waals surface area contributed by atoms with Gasteiger partial charge in [0.05, 0.1) is 0 Å². The Kier molecular flexibility index (Phi) is 4.04. The number of anilines is 1. The van der Waals surface area contributed by atoms with Crippen molar-refractivity contribution in [2.75, 3.05) is 37.8 Å². The molecule has 0 atom stereocenters. The van der Waals surface area contributed by atoms with Crippen LogP contribution in [0.2, 0.25) is 0 Å². The van der Waals surface area contributed by atoms with Gasteiger partial charge in [0.25, 0.3) is 0 Å². The van der Waals surface area contributed by atoms with Crippen molar-refractivity contribution >= 4 is 5.69 Å². The van der Waals surface area contributed by atoms with E-state index < -0.39 is 0 Å². The minimum atomic E-state index is 0.235. The maximum absolute atomic E-state index is 9.07. The Labute approximate surface area is 115 Å². The first kappa shape index (κ1) is 12.9. The number of nitrogens with zero attached hydrogens (tertiary/aromatic N) is 1. The molecule has 104 valence electrons. The number of hydrogen-bond donors (Lipinski definition) is 1.